The quantitative estimate of drug-likeness (QED) is 0.206. The topological polar surface area (TPSA) is 23.0 Å². The van der Waals surface area contributed by atoms with Gasteiger partial charge in [-0.1, -0.05) is 115 Å². The normalized spacial score (nSPS) is 12.0. The van der Waals surface area contributed by atoms with Crippen LogP contribution in [0.25, 0.3) is 88.1 Å². The van der Waals surface area contributed by atoms with Crippen molar-refractivity contribution in [1.29, 1.82) is 0 Å². The Morgan fingerprint density at radius 2 is 1.07 bits per heavy atom. The molecule has 0 N–H and O–H groups in total. The zero-order chi connectivity index (χ0) is 29.5. The number of para-hydroxylation sites is 3. The lowest BCUT2D eigenvalue weighted by molar-refractivity contribution is 0.647. The first kappa shape index (κ1) is 24.4. The van der Waals surface area contributed by atoms with Crippen molar-refractivity contribution in [2.45, 2.75) is 0 Å². The summed E-state index contributed by atoms with van der Waals surface area (Å²) in [4.78, 5) is 0. The van der Waals surface area contributed by atoms with Crippen LogP contribution in [0, 0.1) is 0 Å². The van der Waals surface area contributed by atoms with Crippen molar-refractivity contribution in [3.05, 3.63) is 158 Å². The van der Waals surface area contributed by atoms with E-state index in [2.05, 4.69) is 167 Å². The van der Waals surface area contributed by atoms with E-state index in [9.17, 15) is 0 Å². The van der Waals surface area contributed by atoms with E-state index in [4.69, 9.17) is 4.42 Å². The van der Waals surface area contributed by atoms with E-state index < -0.39 is 0 Å². The van der Waals surface area contributed by atoms with Crippen LogP contribution < -0.4 is 0 Å². The SMILES string of the molecule is c1ccc(-n2c3ccccc3c3c4ccc5c6ccccc6n(-c6cccc(-c7cccc8ccccc78)c6)c5c4oc32)cc1. The predicted octanol–water partition coefficient (Wildman–Crippen LogP) is 11.4. The number of rotatable bonds is 3. The van der Waals surface area contributed by atoms with Crippen LogP contribution in [0.1, 0.15) is 0 Å². The number of hydrogen-bond acceptors (Lipinski definition) is 1. The molecular formula is C42H26N2O. The summed E-state index contributed by atoms with van der Waals surface area (Å²) in [5, 5.41) is 8.35. The molecule has 3 heterocycles. The Bertz CT molecular complexity index is 2750. The highest BCUT2D eigenvalue weighted by Crippen LogP contribution is 2.44. The van der Waals surface area contributed by atoms with E-state index in [1.807, 2.05) is 0 Å². The monoisotopic (exact) mass is 574 g/mol. The molecule has 0 radical (unpaired) electrons. The minimum absolute atomic E-state index is 0.867. The van der Waals surface area contributed by atoms with Crippen LogP contribution in [0.2, 0.25) is 0 Å². The summed E-state index contributed by atoms with van der Waals surface area (Å²) in [7, 11) is 0. The molecule has 0 aliphatic carbocycles. The second-order valence-electron chi connectivity index (χ2n) is 11.7. The maximum Gasteiger partial charge on any atom is 0.213 e. The summed E-state index contributed by atoms with van der Waals surface area (Å²) in [6, 6.07) is 56.4. The Morgan fingerprint density at radius 3 is 1.93 bits per heavy atom. The van der Waals surface area contributed by atoms with Crippen LogP contribution in [0.3, 0.4) is 0 Å². The fourth-order valence-corrected chi connectivity index (χ4v) is 7.39. The molecule has 3 aromatic heterocycles. The molecule has 0 bridgehead atoms. The van der Waals surface area contributed by atoms with Gasteiger partial charge in [0.05, 0.1) is 21.9 Å². The Morgan fingerprint density at radius 1 is 0.422 bits per heavy atom. The number of hydrogen-bond donors (Lipinski definition) is 0. The first-order valence-electron chi connectivity index (χ1n) is 15.4. The molecule has 0 fully saturated rings. The molecule has 0 amide bonds. The van der Waals surface area contributed by atoms with Gasteiger partial charge in [-0.05, 0) is 64.4 Å². The zero-order valence-electron chi connectivity index (χ0n) is 24.3. The fourth-order valence-electron chi connectivity index (χ4n) is 7.39. The van der Waals surface area contributed by atoms with Gasteiger partial charge in [0, 0.05) is 32.9 Å². The number of nitrogens with zero attached hydrogens (tertiary/aromatic N) is 2. The molecule has 0 saturated carbocycles. The van der Waals surface area contributed by atoms with E-state index in [-0.39, 0.29) is 0 Å². The third-order valence-electron chi connectivity index (χ3n) is 9.31. The summed E-state index contributed by atoms with van der Waals surface area (Å²) < 4.78 is 11.7. The summed E-state index contributed by atoms with van der Waals surface area (Å²) in [6.07, 6.45) is 0. The number of benzene rings is 7. The maximum atomic E-state index is 7.04. The molecule has 0 unspecified atom stereocenters. The molecule has 0 aliphatic rings. The van der Waals surface area contributed by atoms with Crippen molar-refractivity contribution in [3.8, 4) is 22.5 Å². The standard InChI is InChI=1S/C42H26N2O/c1-2-15-29(16-3-1)44-38-23-9-7-20-35(38)39-36-25-24-34-33-19-6-8-22-37(33)43(40(34)41(36)45-42(39)44)30-17-10-14-28(26-30)32-21-11-13-27-12-4-5-18-31(27)32/h1-26H. The maximum absolute atomic E-state index is 7.04. The molecule has 210 valence electrons. The van der Waals surface area contributed by atoms with Crippen molar-refractivity contribution in [3.63, 3.8) is 0 Å². The van der Waals surface area contributed by atoms with Crippen LogP contribution in [0.5, 0.6) is 0 Å². The van der Waals surface area contributed by atoms with Gasteiger partial charge in [0.1, 0.15) is 0 Å². The van der Waals surface area contributed by atoms with Gasteiger partial charge in [0.15, 0.2) is 5.58 Å². The summed E-state index contributed by atoms with van der Waals surface area (Å²) in [5.41, 5.74) is 9.77. The fraction of sp³-hybridized carbons (Fsp3) is 0. The Hall–Kier alpha value is -6.06. The highest BCUT2D eigenvalue weighted by molar-refractivity contribution is 6.26. The summed E-state index contributed by atoms with van der Waals surface area (Å²) in [6.45, 7) is 0. The lowest BCUT2D eigenvalue weighted by Crippen LogP contribution is -1.95. The number of furan rings is 1. The highest BCUT2D eigenvalue weighted by atomic mass is 16.3. The van der Waals surface area contributed by atoms with Crippen molar-refractivity contribution in [2.24, 2.45) is 0 Å². The molecule has 10 aromatic rings. The first-order chi connectivity index (χ1) is 22.3. The molecular weight excluding hydrogens is 548 g/mol. The molecule has 0 aliphatic heterocycles. The predicted molar refractivity (Wildman–Crippen MR) is 188 cm³/mol. The summed E-state index contributed by atoms with van der Waals surface area (Å²) >= 11 is 0. The smallest absolute Gasteiger partial charge is 0.213 e. The summed E-state index contributed by atoms with van der Waals surface area (Å²) in [5.74, 6) is 0. The molecule has 0 saturated heterocycles. The Kier molecular flexibility index (Phi) is 5.00. The highest BCUT2D eigenvalue weighted by Gasteiger charge is 2.23. The van der Waals surface area contributed by atoms with Gasteiger partial charge >= 0.3 is 0 Å². The second-order valence-corrected chi connectivity index (χ2v) is 11.7. The number of aromatic nitrogens is 2. The Labute approximate surface area is 258 Å². The van der Waals surface area contributed by atoms with Crippen molar-refractivity contribution >= 4 is 65.6 Å². The molecule has 45 heavy (non-hydrogen) atoms. The Balaban J connectivity index is 1.32. The van der Waals surface area contributed by atoms with Crippen molar-refractivity contribution in [2.75, 3.05) is 0 Å². The van der Waals surface area contributed by atoms with Crippen molar-refractivity contribution in [1.82, 2.24) is 9.13 Å². The lowest BCUT2D eigenvalue weighted by Gasteiger charge is -2.12. The lowest BCUT2D eigenvalue weighted by atomic mass is 9.98. The van der Waals surface area contributed by atoms with Gasteiger partial charge in [0.25, 0.3) is 0 Å². The van der Waals surface area contributed by atoms with Crippen LogP contribution in [-0.4, -0.2) is 9.13 Å². The van der Waals surface area contributed by atoms with E-state index in [0.29, 0.717) is 0 Å². The van der Waals surface area contributed by atoms with Crippen LogP contribution in [0.15, 0.2) is 162 Å². The van der Waals surface area contributed by atoms with Crippen LogP contribution in [-0.2, 0) is 0 Å². The molecule has 0 atom stereocenters. The first-order valence-corrected chi connectivity index (χ1v) is 15.4. The van der Waals surface area contributed by atoms with Gasteiger partial charge < -0.3 is 8.98 Å². The van der Waals surface area contributed by atoms with E-state index in [1.54, 1.807) is 0 Å². The van der Waals surface area contributed by atoms with Crippen LogP contribution in [0.4, 0.5) is 0 Å². The molecule has 3 heteroatoms. The van der Waals surface area contributed by atoms with Gasteiger partial charge in [-0.3, -0.25) is 4.57 Å². The van der Waals surface area contributed by atoms with Gasteiger partial charge in [-0.15, -0.1) is 0 Å². The van der Waals surface area contributed by atoms with Gasteiger partial charge in [0.2, 0.25) is 5.71 Å². The van der Waals surface area contributed by atoms with Gasteiger partial charge in [-0.2, -0.15) is 0 Å². The van der Waals surface area contributed by atoms with E-state index >= 15 is 0 Å². The third kappa shape index (κ3) is 3.41. The van der Waals surface area contributed by atoms with Gasteiger partial charge in [-0.25, -0.2) is 0 Å². The molecule has 10 rings (SSSR count). The molecule has 3 nitrogen and oxygen atoms in total. The molecule has 7 aromatic carbocycles. The second kappa shape index (κ2) is 9.22. The largest absolute Gasteiger partial charge is 0.437 e. The third-order valence-corrected chi connectivity index (χ3v) is 9.31. The van der Waals surface area contributed by atoms with Crippen molar-refractivity contribution < 1.29 is 4.42 Å². The zero-order valence-corrected chi connectivity index (χ0v) is 24.3. The average Bonchev–Trinajstić information content (AvgIpc) is 3.75. The average molecular weight is 575 g/mol. The minimum atomic E-state index is 0.867. The minimum Gasteiger partial charge on any atom is -0.437 e. The molecule has 0 spiro atoms. The number of fused-ring (bicyclic) bond motifs is 10. The van der Waals surface area contributed by atoms with E-state index in [0.717, 1.165) is 50.0 Å². The van der Waals surface area contributed by atoms with E-state index in [1.165, 1.54) is 38.1 Å². The van der Waals surface area contributed by atoms with Crippen LogP contribution >= 0.6 is 0 Å².